The molecule has 2 aromatic heterocycles. The van der Waals surface area contributed by atoms with Crippen LogP contribution in [0.1, 0.15) is 5.69 Å². The number of rotatable bonds is 2. The molecule has 0 radical (unpaired) electrons. The van der Waals surface area contributed by atoms with Gasteiger partial charge >= 0.3 is 6.18 Å². The Bertz CT molecular complexity index is 894. The lowest BCUT2D eigenvalue weighted by Crippen LogP contribution is -2.09. The summed E-state index contributed by atoms with van der Waals surface area (Å²) in [5.41, 5.74) is 5.04. The molecule has 0 unspecified atom stereocenters. The van der Waals surface area contributed by atoms with Crippen molar-refractivity contribution in [3.05, 3.63) is 45.1 Å². The number of aryl methyl sites for hydroxylation is 1. The lowest BCUT2D eigenvalue weighted by molar-refractivity contribution is -0.140. The molecule has 0 fully saturated rings. The highest BCUT2D eigenvalue weighted by Crippen LogP contribution is 2.41. The van der Waals surface area contributed by atoms with Crippen LogP contribution in [0.3, 0.4) is 0 Å². The van der Waals surface area contributed by atoms with Gasteiger partial charge in [-0.25, -0.2) is 0 Å². The van der Waals surface area contributed by atoms with E-state index in [0.717, 1.165) is 4.68 Å². The number of benzene rings is 1. The van der Waals surface area contributed by atoms with Gasteiger partial charge in [-0.15, -0.1) is 0 Å². The zero-order valence-electron chi connectivity index (χ0n) is 12.1. The van der Waals surface area contributed by atoms with Crippen LogP contribution in [0.15, 0.2) is 39.4 Å². The van der Waals surface area contributed by atoms with Crippen molar-refractivity contribution in [1.29, 1.82) is 0 Å². The molecule has 10 heteroatoms. The van der Waals surface area contributed by atoms with Crippen molar-refractivity contribution >= 4 is 37.7 Å². The Balaban J connectivity index is 2.29. The highest BCUT2D eigenvalue weighted by atomic mass is 79.9. The topological polar surface area (TPSA) is 61.7 Å². The molecule has 0 saturated carbocycles. The third kappa shape index (κ3) is 3.07. The van der Waals surface area contributed by atoms with E-state index in [2.05, 4.69) is 42.1 Å². The van der Waals surface area contributed by atoms with Gasteiger partial charge in [0.05, 0.1) is 5.56 Å². The van der Waals surface area contributed by atoms with Crippen molar-refractivity contribution in [2.24, 2.45) is 7.05 Å². The normalized spacial score (nSPS) is 11.9. The summed E-state index contributed by atoms with van der Waals surface area (Å²) in [6.45, 7) is 0. The molecule has 3 aromatic rings. The Labute approximate surface area is 151 Å². The molecule has 0 amide bonds. The SMILES string of the molecule is Cn1ccc(-n2nc(C(F)(F)F)c(-c3cc(Br)cc(Br)c3)c2N)n1. The molecule has 2 N–H and O–H groups in total. The van der Waals surface area contributed by atoms with E-state index in [0.29, 0.717) is 14.5 Å². The van der Waals surface area contributed by atoms with Crippen molar-refractivity contribution in [3.8, 4) is 16.9 Å². The molecule has 24 heavy (non-hydrogen) atoms. The van der Waals surface area contributed by atoms with Gasteiger partial charge in [0.2, 0.25) is 0 Å². The zero-order valence-corrected chi connectivity index (χ0v) is 15.3. The monoisotopic (exact) mass is 463 g/mol. The quantitative estimate of drug-likeness (QED) is 0.611. The Hall–Kier alpha value is -1.81. The van der Waals surface area contributed by atoms with Crippen LogP contribution in [0.5, 0.6) is 0 Å². The fraction of sp³-hybridized carbons (Fsp3) is 0.143. The summed E-state index contributed by atoms with van der Waals surface area (Å²) in [7, 11) is 1.65. The van der Waals surface area contributed by atoms with Gasteiger partial charge in [0.1, 0.15) is 5.82 Å². The maximum Gasteiger partial charge on any atom is 0.435 e. The Kier molecular flexibility index (Phi) is 4.20. The van der Waals surface area contributed by atoms with Crippen molar-refractivity contribution in [1.82, 2.24) is 19.6 Å². The largest absolute Gasteiger partial charge is 0.435 e. The van der Waals surface area contributed by atoms with Crippen LogP contribution in [0.2, 0.25) is 0 Å². The number of nitrogen functional groups attached to an aromatic ring is 1. The summed E-state index contributed by atoms with van der Waals surface area (Å²) < 4.78 is 44.1. The second kappa shape index (κ2) is 5.92. The Morgan fingerprint density at radius 1 is 1.08 bits per heavy atom. The third-order valence-corrected chi connectivity index (χ3v) is 4.17. The number of nitrogens with zero attached hydrogens (tertiary/aromatic N) is 4. The minimum Gasteiger partial charge on any atom is -0.383 e. The number of hydrogen-bond donors (Lipinski definition) is 1. The van der Waals surface area contributed by atoms with E-state index in [1.165, 1.54) is 10.7 Å². The molecule has 0 saturated heterocycles. The van der Waals surface area contributed by atoms with Crippen molar-refractivity contribution < 1.29 is 13.2 Å². The van der Waals surface area contributed by atoms with Gasteiger partial charge in [-0.1, -0.05) is 31.9 Å². The fourth-order valence-corrected chi connectivity index (χ4v) is 3.60. The van der Waals surface area contributed by atoms with Crippen molar-refractivity contribution in [2.75, 3.05) is 5.73 Å². The molecule has 126 valence electrons. The molecular formula is C14H10Br2F3N5. The van der Waals surface area contributed by atoms with Gasteiger partial charge in [0.25, 0.3) is 0 Å². The minimum atomic E-state index is -4.65. The summed E-state index contributed by atoms with van der Waals surface area (Å²) in [6.07, 6.45) is -3.06. The lowest BCUT2D eigenvalue weighted by Gasteiger charge is -2.08. The predicted octanol–water partition coefficient (Wildman–Crippen LogP) is 4.40. The highest BCUT2D eigenvalue weighted by molar-refractivity contribution is 9.11. The van der Waals surface area contributed by atoms with E-state index in [1.54, 1.807) is 31.4 Å². The molecule has 5 nitrogen and oxygen atoms in total. The molecule has 0 aliphatic rings. The van der Waals surface area contributed by atoms with Gasteiger partial charge in [0, 0.05) is 28.3 Å². The van der Waals surface area contributed by atoms with Crippen molar-refractivity contribution in [2.45, 2.75) is 6.18 Å². The molecule has 0 aliphatic carbocycles. The first-order valence-electron chi connectivity index (χ1n) is 6.59. The summed E-state index contributed by atoms with van der Waals surface area (Å²) in [5.74, 6) is 0.0758. The van der Waals surface area contributed by atoms with E-state index in [4.69, 9.17) is 5.73 Å². The van der Waals surface area contributed by atoms with Crippen LogP contribution < -0.4 is 5.73 Å². The number of nitrogens with two attached hydrogens (primary N) is 1. The molecule has 0 atom stereocenters. The Morgan fingerprint density at radius 3 is 2.21 bits per heavy atom. The smallest absolute Gasteiger partial charge is 0.383 e. The fourth-order valence-electron chi connectivity index (χ4n) is 2.30. The lowest BCUT2D eigenvalue weighted by atomic mass is 10.1. The predicted molar refractivity (Wildman–Crippen MR) is 90.6 cm³/mol. The average Bonchev–Trinajstić information content (AvgIpc) is 3.00. The molecule has 2 heterocycles. The zero-order chi connectivity index (χ0) is 17.6. The highest BCUT2D eigenvalue weighted by Gasteiger charge is 2.40. The van der Waals surface area contributed by atoms with E-state index in [9.17, 15) is 13.2 Å². The number of anilines is 1. The first-order chi connectivity index (χ1) is 11.2. The first kappa shape index (κ1) is 17.0. The van der Waals surface area contributed by atoms with Crippen molar-refractivity contribution in [3.63, 3.8) is 0 Å². The van der Waals surface area contributed by atoms with Gasteiger partial charge in [-0.05, 0) is 23.8 Å². The van der Waals surface area contributed by atoms with Gasteiger partial charge in [-0.3, -0.25) is 4.68 Å². The van der Waals surface area contributed by atoms with Crippen LogP contribution in [-0.4, -0.2) is 19.6 Å². The Morgan fingerprint density at radius 2 is 1.71 bits per heavy atom. The van der Waals surface area contributed by atoms with E-state index >= 15 is 0 Å². The molecule has 3 rings (SSSR count). The molecule has 0 spiro atoms. The average molecular weight is 465 g/mol. The molecule has 0 aliphatic heterocycles. The number of aromatic nitrogens is 4. The summed E-state index contributed by atoms with van der Waals surface area (Å²) in [4.78, 5) is 0. The summed E-state index contributed by atoms with van der Waals surface area (Å²) in [5, 5.41) is 7.72. The molecule has 0 bridgehead atoms. The van der Waals surface area contributed by atoms with Crippen LogP contribution >= 0.6 is 31.9 Å². The second-order valence-electron chi connectivity index (χ2n) is 5.02. The van der Waals surface area contributed by atoms with Gasteiger partial charge < -0.3 is 5.73 Å². The number of hydrogen-bond acceptors (Lipinski definition) is 3. The van der Waals surface area contributed by atoms with E-state index in [-0.39, 0.29) is 17.2 Å². The molecule has 1 aromatic carbocycles. The standard InChI is InChI=1S/C14H10Br2F3N5/c1-23-3-2-10(21-23)24-13(20)11(12(22-24)14(17,18)19)7-4-8(15)6-9(16)5-7/h2-6H,20H2,1H3. The van der Waals surface area contributed by atoms with E-state index < -0.39 is 11.9 Å². The number of halogens is 5. The van der Waals surface area contributed by atoms with Crippen LogP contribution in [0, 0.1) is 0 Å². The van der Waals surface area contributed by atoms with Crippen LogP contribution in [-0.2, 0) is 13.2 Å². The summed E-state index contributed by atoms with van der Waals surface area (Å²) in [6, 6.07) is 6.35. The number of alkyl halides is 3. The minimum absolute atomic E-state index is 0.133. The second-order valence-corrected chi connectivity index (χ2v) is 6.86. The van der Waals surface area contributed by atoms with Gasteiger partial charge in [-0.2, -0.15) is 28.1 Å². The van der Waals surface area contributed by atoms with Crippen LogP contribution in [0.25, 0.3) is 16.9 Å². The van der Waals surface area contributed by atoms with E-state index in [1.807, 2.05) is 0 Å². The van der Waals surface area contributed by atoms with Crippen LogP contribution in [0.4, 0.5) is 19.0 Å². The first-order valence-corrected chi connectivity index (χ1v) is 8.17. The summed E-state index contributed by atoms with van der Waals surface area (Å²) >= 11 is 6.54. The van der Waals surface area contributed by atoms with Gasteiger partial charge in [0.15, 0.2) is 11.5 Å². The third-order valence-electron chi connectivity index (χ3n) is 3.26. The maximum atomic E-state index is 13.5. The molecular weight excluding hydrogens is 455 g/mol. The maximum absolute atomic E-state index is 13.5.